The minimum absolute atomic E-state index is 0.0254. The van der Waals surface area contributed by atoms with Crippen molar-refractivity contribution in [1.82, 2.24) is 0 Å². The molecule has 98 valence electrons. The number of benzene rings is 2. The number of nitro groups is 1. The van der Waals surface area contributed by atoms with Crippen LogP contribution in [0.15, 0.2) is 48.5 Å². The number of nitrogens with zero attached hydrogens (tertiary/aromatic N) is 1. The molecule has 0 radical (unpaired) electrons. The fourth-order valence-electron chi connectivity index (χ4n) is 1.70. The third-order valence-corrected chi connectivity index (χ3v) is 2.84. The predicted octanol–water partition coefficient (Wildman–Crippen LogP) is 3.97. The quantitative estimate of drug-likeness (QED) is 0.614. The Bertz CT molecular complexity index is 572. The van der Waals surface area contributed by atoms with Gasteiger partial charge in [-0.05, 0) is 17.7 Å². The van der Waals surface area contributed by atoms with Crippen LogP contribution >= 0.6 is 11.6 Å². The number of hydrogen-bond acceptors (Lipinski definition) is 3. The van der Waals surface area contributed by atoms with Gasteiger partial charge in [0, 0.05) is 11.1 Å². The summed E-state index contributed by atoms with van der Waals surface area (Å²) in [6, 6.07) is 14.1. The molecule has 0 atom stereocenters. The summed E-state index contributed by atoms with van der Waals surface area (Å²) in [4.78, 5) is 10.4. The SMILES string of the molecule is O=[N+]([O-])c1ccc(Cl)cc1COCc1ccccc1. The van der Waals surface area contributed by atoms with E-state index in [1.807, 2.05) is 30.3 Å². The molecule has 0 unspecified atom stereocenters. The number of rotatable bonds is 5. The van der Waals surface area contributed by atoms with E-state index in [2.05, 4.69) is 0 Å². The third kappa shape index (κ3) is 3.77. The largest absolute Gasteiger partial charge is 0.372 e. The molecule has 0 saturated heterocycles. The summed E-state index contributed by atoms with van der Waals surface area (Å²) in [6.07, 6.45) is 0. The zero-order valence-electron chi connectivity index (χ0n) is 10.1. The Morgan fingerprint density at radius 1 is 1.11 bits per heavy atom. The second-order valence-electron chi connectivity index (χ2n) is 4.01. The number of nitro benzene ring substituents is 1. The molecule has 0 saturated carbocycles. The third-order valence-electron chi connectivity index (χ3n) is 2.61. The lowest BCUT2D eigenvalue weighted by molar-refractivity contribution is -0.386. The molecule has 0 fully saturated rings. The molecule has 2 aromatic carbocycles. The molecule has 0 aromatic heterocycles. The zero-order chi connectivity index (χ0) is 13.7. The Morgan fingerprint density at radius 2 is 1.84 bits per heavy atom. The first kappa shape index (κ1) is 13.5. The Morgan fingerprint density at radius 3 is 2.53 bits per heavy atom. The average Bonchev–Trinajstić information content (AvgIpc) is 2.39. The topological polar surface area (TPSA) is 52.4 Å². The summed E-state index contributed by atoms with van der Waals surface area (Å²) in [6.45, 7) is 0.566. The number of hydrogen-bond donors (Lipinski definition) is 0. The van der Waals surface area contributed by atoms with Crippen molar-refractivity contribution in [2.75, 3.05) is 0 Å². The average molecular weight is 278 g/mol. The first-order valence-corrected chi connectivity index (χ1v) is 6.09. The van der Waals surface area contributed by atoms with Crippen molar-refractivity contribution < 1.29 is 9.66 Å². The van der Waals surface area contributed by atoms with Crippen LogP contribution in [0, 0.1) is 10.1 Å². The van der Waals surface area contributed by atoms with Gasteiger partial charge in [-0.15, -0.1) is 0 Å². The summed E-state index contributed by atoms with van der Waals surface area (Å²) in [5.74, 6) is 0. The van der Waals surface area contributed by atoms with Crippen LogP contribution in [0.2, 0.25) is 5.02 Å². The van der Waals surface area contributed by atoms with Gasteiger partial charge in [-0.3, -0.25) is 10.1 Å². The van der Waals surface area contributed by atoms with Crippen LogP contribution in [0.3, 0.4) is 0 Å². The molecule has 0 aliphatic heterocycles. The van der Waals surface area contributed by atoms with Crippen molar-refractivity contribution in [3.8, 4) is 0 Å². The van der Waals surface area contributed by atoms with Crippen LogP contribution < -0.4 is 0 Å². The first-order valence-electron chi connectivity index (χ1n) is 5.71. The normalized spacial score (nSPS) is 10.4. The van der Waals surface area contributed by atoms with Gasteiger partial charge in [-0.25, -0.2) is 0 Å². The van der Waals surface area contributed by atoms with E-state index in [-0.39, 0.29) is 12.3 Å². The van der Waals surface area contributed by atoms with Gasteiger partial charge >= 0.3 is 0 Å². The molecule has 0 heterocycles. The van der Waals surface area contributed by atoms with Crippen molar-refractivity contribution in [2.45, 2.75) is 13.2 Å². The summed E-state index contributed by atoms with van der Waals surface area (Å²) >= 11 is 5.84. The van der Waals surface area contributed by atoms with Gasteiger partial charge in [0.05, 0.1) is 23.7 Å². The van der Waals surface area contributed by atoms with E-state index in [1.54, 1.807) is 6.07 Å². The van der Waals surface area contributed by atoms with Gasteiger partial charge in [-0.1, -0.05) is 41.9 Å². The zero-order valence-corrected chi connectivity index (χ0v) is 10.8. The lowest BCUT2D eigenvalue weighted by Crippen LogP contribution is -1.99. The van der Waals surface area contributed by atoms with Gasteiger partial charge in [0.25, 0.3) is 5.69 Å². The lowest BCUT2D eigenvalue weighted by atomic mass is 10.2. The Labute approximate surface area is 115 Å². The molecule has 5 heteroatoms. The molecule has 19 heavy (non-hydrogen) atoms. The maximum absolute atomic E-state index is 10.9. The van der Waals surface area contributed by atoms with Gasteiger partial charge in [-0.2, -0.15) is 0 Å². The Kier molecular flexibility index (Phi) is 4.49. The van der Waals surface area contributed by atoms with E-state index in [4.69, 9.17) is 16.3 Å². The minimum Gasteiger partial charge on any atom is -0.372 e. The second-order valence-corrected chi connectivity index (χ2v) is 4.44. The van der Waals surface area contributed by atoms with E-state index in [1.165, 1.54) is 12.1 Å². The van der Waals surface area contributed by atoms with Crippen LogP contribution in [0.1, 0.15) is 11.1 Å². The molecule has 0 spiro atoms. The summed E-state index contributed by atoms with van der Waals surface area (Å²) in [5, 5.41) is 11.3. The molecular formula is C14H12ClNO3. The van der Waals surface area contributed by atoms with Gasteiger partial charge in [0.15, 0.2) is 0 Å². The standard InChI is InChI=1S/C14H12ClNO3/c15-13-6-7-14(16(17)18)12(8-13)10-19-9-11-4-2-1-3-5-11/h1-8H,9-10H2. The Hall–Kier alpha value is -1.91. The van der Waals surface area contributed by atoms with Crippen molar-refractivity contribution in [2.24, 2.45) is 0 Å². The molecule has 0 amide bonds. The van der Waals surface area contributed by atoms with Crippen LogP contribution in [0.4, 0.5) is 5.69 Å². The second kappa shape index (κ2) is 6.31. The van der Waals surface area contributed by atoms with Gasteiger partial charge in [0.2, 0.25) is 0 Å². The van der Waals surface area contributed by atoms with Crippen molar-refractivity contribution in [3.63, 3.8) is 0 Å². The van der Waals surface area contributed by atoms with E-state index in [0.717, 1.165) is 5.56 Å². The van der Waals surface area contributed by atoms with E-state index in [0.29, 0.717) is 17.2 Å². The summed E-state index contributed by atoms with van der Waals surface area (Å²) < 4.78 is 5.49. The van der Waals surface area contributed by atoms with Crippen LogP contribution in [-0.4, -0.2) is 4.92 Å². The highest BCUT2D eigenvalue weighted by molar-refractivity contribution is 6.30. The highest BCUT2D eigenvalue weighted by Crippen LogP contribution is 2.23. The fourth-order valence-corrected chi connectivity index (χ4v) is 1.90. The van der Waals surface area contributed by atoms with Crippen molar-refractivity contribution in [3.05, 3.63) is 74.8 Å². The van der Waals surface area contributed by atoms with Crippen LogP contribution in [-0.2, 0) is 18.0 Å². The first-order chi connectivity index (χ1) is 9.16. The molecule has 0 aliphatic rings. The fraction of sp³-hybridized carbons (Fsp3) is 0.143. The summed E-state index contributed by atoms with van der Waals surface area (Å²) in [7, 11) is 0. The molecular weight excluding hydrogens is 266 g/mol. The predicted molar refractivity (Wildman–Crippen MR) is 73.0 cm³/mol. The lowest BCUT2D eigenvalue weighted by Gasteiger charge is -2.06. The van der Waals surface area contributed by atoms with E-state index < -0.39 is 4.92 Å². The van der Waals surface area contributed by atoms with Crippen LogP contribution in [0.5, 0.6) is 0 Å². The molecule has 2 rings (SSSR count). The van der Waals surface area contributed by atoms with Crippen molar-refractivity contribution in [1.29, 1.82) is 0 Å². The molecule has 4 nitrogen and oxygen atoms in total. The molecule has 0 aliphatic carbocycles. The minimum atomic E-state index is -0.433. The smallest absolute Gasteiger partial charge is 0.275 e. The molecule has 2 aromatic rings. The molecule has 0 N–H and O–H groups in total. The highest BCUT2D eigenvalue weighted by atomic mass is 35.5. The Balaban J connectivity index is 2.03. The maximum atomic E-state index is 10.9. The maximum Gasteiger partial charge on any atom is 0.275 e. The van der Waals surface area contributed by atoms with Crippen LogP contribution in [0.25, 0.3) is 0 Å². The highest BCUT2D eigenvalue weighted by Gasteiger charge is 2.13. The number of halogens is 1. The monoisotopic (exact) mass is 277 g/mol. The van der Waals surface area contributed by atoms with Gasteiger partial charge in [0.1, 0.15) is 0 Å². The van der Waals surface area contributed by atoms with E-state index in [9.17, 15) is 10.1 Å². The summed E-state index contributed by atoms with van der Waals surface area (Å²) in [5.41, 5.74) is 1.53. The van der Waals surface area contributed by atoms with E-state index >= 15 is 0 Å². The van der Waals surface area contributed by atoms with Gasteiger partial charge < -0.3 is 4.74 Å². The van der Waals surface area contributed by atoms with Crippen molar-refractivity contribution >= 4 is 17.3 Å². The molecule has 0 bridgehead atoms. The number of ether oxygens (including phenoxy) is 1.